The lowest BCUT2D eigenvalue weighted by Crippen LogP contribution is -2.30. The summed E-state index contributed by atoms with van der Waals surface area (Å²) in [6.45, 7) is 1.95. The summed E-state index contributed by atoms with van der Waals surface area (Å²) in [5, 5.41) is 0. The highest BCUT2D eigenvalue weighted by Crippen LogP contribution is 2.25. The summed E-state index contributed by atoms with van der Waals surface area (Å²) in [6.07, 6.45) is 0.144. The minimum Gasteiger partial charge on any atom is -0.271 e. The second-order valence-corrected chi connectivity index (χ2v) is 5.60. The third-order valence-electron chi connectivity index (χ3n) is 3.14. The van der Waals surface area contributed by atoms with E-state index in [4.69, 9.17) is 5.84 Å². The number of benzene rings is 2. The minimum absolute atomic E-state index is 0.0353. The fraction of sp³-hybridized carbons (Fsp3) is 0.200. The van der Waals surface area contributed by atoms with Crippen LogP contribution in [0.2, 0.25) is 0 Å². The fourth-order valence-electron chi connectivity index (χ4n) is 2.17. The van der Waals surface area contributed by atoms with E-state index in [0.29, 0.717) is 0 Å². The Labute approximate surface area is 125 Å². The third-order valence-corrected chi connectivity index (χ3v) is 3.60. The van der Waals surface area contributed by atoms with Gasteiger partial charge < -0.3 is 0 Å². The van der Waals surface area contributed by atoms with Crippen LogP contribution in [0.1, 0.15) is 22.7 Å². The molecule has 0 aliphatic heterocycles. The molecule has 2 rings (SSSR count). The van der Waals surface area contributed by atoms with Crippen molar-refractivity contribution in [1.29, 1.82) is 0 Å². The van der Waals surface area contributed by atoms with Gasteiger partial charge in [-0.15, -0.1) is 0 Å². The maximum Gasteiger partial charge on any atom is 0.129 e. The first-order valence-corrected chi connectivity index (χ1v) is 6.96. The Morgan fingerprint density at radius 2 is 1.85 bits per heavy atom. The molecule has 1 unspecified atom stereocenters. The van der Waals surface area contributed by atoms with Crippen LogP contribution in [0, 0.1) is 18.6 Å². The van der Waals surface area contributed by atoms with Crippen molar-refractivity contribution >= 4 is 15.9 Å². The lowest BCUT2D eigenvalue weighted by molar-refractivity contribution is 0.499. The summed E-state index contributed by atoms with van der Waals surface area (Å²) in [6, 6.07) is 9.27. The molecular weight excluding hydrogens is 326 g/mol. The Kier molecular flexibility index (Phi) is 4.86. The van der Waals surface area contributed by atoms with Gasteiger partial charge in [-0.2, -0.15) is 0 Å². The molecule has 0 aliphatic rings. The molecule has 0 bridgehead atoms. The summed E-state index contributed by atoms with van der Waals surface area (Å²) in [4.78, 5) is 0. The molecule has 2 aromatic carbocycles. The number of nitrogens with one attached hydrogen (secondary N) is 1. The largest absolute Gasteiger partial charge is 0.271 e. The van der Waals surface area contributed by atoms with E-state index in [-0.39, 0.29) is 18.0 Å². The van der Waals surface area contributed by atoms with Crippen LogP contribution in [-0.4, -0.2) is 0 Å². The number of aryl methyl sites for hydroxylation is 1. The zero-order valence-electron chi connectivity index (χ0n) is 11.0. The molecule has 3 N–H and O–H groups in total. The Bertz CT molecular complexity index is 576. The third kappa shape index (κ3) is 3.42. The molecule has 0 fully saturated rings. The molecule has 0 amide bonds. The van der Waals surface area contributed by atoms with Gasteiger partial charge in [0.25, 0.3) is 0 Å². The number of hydrogen-bond donors (Lipinski definition) is 2. The highest BCUT2D eigenvalue weighted by Gasteiger charge is 2.17. The SMILES string of the molecule is Cc1cc(Br)cc(C(Cc2c(F)cccc2F)NN)c1. The van der Waals surface area contributed by atoms with Gasteiger partial charge in [0.2, 0.25) is 0 Å². The van der Waals surface area contributed by atoms with Gasteiger partial charge in [0.05, 0.1) is 6.04 Å². The summed E-state index contributed by atoms with van der Waals surface area (Å²) < 4.78 is 28.3. The van der Waals surface area contributed by atoms with Crippen molar-refractivity contribution in [2.24, 2.45) is 5.84 Å². The van der Waals surface area contributed by atoms with Crippen LogP contribution in [0.25, 0.3) is 0 Å². The zero-order chi connectivity index (χ0) is 14.7. The molecule has 0 saturated carbocycles. The first-order valence-electron chi connectivity index (χ1n) is 6.17. The van der Waals surface area contributed by atoms with Gasteiger partial charge in [-0.25, -0.2) is 8.78 Å². The number of hydrazine groups is 1. The molecule has 0 saturated heterocycles. The van der Waals surface area contributed by atoms with E-state index in [0.717, 1.165) is 15.6 Å². The summed E-state index contributed by atoms with van der Waals surface area (Å²) in [5.41, 5.74) is 4.58. The first-order chi connectivity index (χ1) is 9.51. The van der Waals surface area contributed by atoms with Crippen LogP contribution < -0.4 is 11.3 Å². The topological polar surface area (TPSA) is 38.0 Å². The van der Waals surface area contributed by atoms with Crippen LogP contribution in [0.3, 0.4) is 0 Å². The van der Waals surface area contributed by atoms with Gasteiger partial charge in [-0.3, -0.25) is 11.3 Å². The van der Waals surface area contributed by atoms with Gasteiger partial charge in [0, 0.05) is 10.0 Å². The molecule has 5 heteroatoms. The molecule has 20 heavy (non-hydrogen) atoms. The van der Waals surface area contributed by atoms with Crippen molar-refractivity contribution in [1.82, 2.24) is 5.43 Å². The van der Waals surface area contributed by atoms with Crippen molar-refractivity contribution in [3.8, 4) is 0 Å². The summed E-state index contributed by atoms with van der Waals surface area (Å²) in [7, 11) is 0. The Morgan fingerprint density at radius 1 is 1.20 bits per heavy atom. The molecule has 2 aromatic rings. The molecule has 0 aromatic heterocycles. The lowest BCUT2D eigenvalue weighted by Gasteiger charge is -2.18. The van der Waals surface area contributed by atoms with E-state index in [9.17, 15) is 8.78 Å². The lowest BCUT2D eigenvalue weighted by atomic mass is 9.97. The van der Waals surface area contributed by atoms with Crippen LogP contribution in [0.5, 0.6) is 0 Å². The standard InChI is InChI=1S/C15H15BrF2N2/c1-9-5-10(7-11(16)6-9)15(20-19)8-12-13(17)3-2-4-14(12)18/h2-7,15,20H,8,19H2,1H3. The molecule has 0 radical (unpaired) electrons. The van der Waals surface area contributed by atoms with Gasteiger partial charge in [0.15, 0.2) is 0 Å². The Morgan fingerprint density at radius 3 is 2.40 bits per heavy atom. The van der Waals surface area contributed by atoms with Crippen molar-refractivity contribution in [2.45, 2.75) is 19.4 Å². The molecule has 106 valence electrons. The predicted octanol–water partition coefficient (Wildman–Crippen LogP) is 3.78. The average molecular weight is 341 g/mol. The first kappa shape index (κ1) is 15.1. The predicted molar refractivity (Wildman–Crippen MR) is 79.0 cm³/mol. The van der Waals surface area contributed by atoms with Crippen molar-refractivity contribution in [3.63, 3.8) is 0 Å². The van der Waals surface area contributed by atoms with E-state index >= 15 is 0 Å². The second kappa shape index (κ2) is 6.43. The maximum absolute atomic E-state index is 13.7. The molecule has 0 spiro atoms. The highest BCUT2D eigenvalue weighted by molar-refractivity contribution is 9.10. The quantitative estimate of drug-likeness (QED) is 0.656. The molecular formula is C15H15BrF2N2. The Hall–Kier alpha value is -1.30. The van der Waals surface area contributed by atoms with E-state index in [2.05, 4.69) is 21.4 Å². The highest BCUT2D eigenvalue weighted by atomic mass is 79.9. The van der Waals surface area contributed by atoms with Gasteiger partial charge in [0.1, 0.15) is 11.6 Å². The van der Waals surface area contributed by atoms with E-state index in [1.165, 1.54) is 18.2 Å². The molecule has 2 nitrogen and oxygen atoms in total. The van der Waals surface area contributed by atoms with Crippen LogP contribution >= 0.6 is 15.9 Å². The summed E-state index contributed by atoms with van der Waals surface area (Å²) in [5.74, 6) is 4.43. The second-order valence-electron chi connectivity index (χ2n) is 4.69. The van der Waals surface area contributed by atoms with Crippen molar-refractivity contribution in [2.75, 3.05) is 0 Å². The van der Waals surface area contributed by atoms with Crippen molar-refractivity contribution < 1.29 is 8.78 Å². The molecule has 0 heterocycles. The van der Waals surface area contributed by atoms with Gasteiger partial charge in [-0.05, 0) is 48.7 Å². The van der Waals surface area contributed by atoms with E-state index in [1.807, 2.05) is 25.1 Å². The van der Waals surface area contributed by atoms with Crippen molar-refractivity contribution in [3.05, 3.63) is 69.2 Å². The average Bonchev–Trinajstić information content (AvgIpc) is 2.37. The van der Waals surface area contributed by atoms with Gasteiger partial charge in [-0.1, -0.05) is 28.1 Å². The van der Waals surface area contributed by atoms with Gasteiger partial charge >= 0.3 is 0 Å². The van der Waals surface area contributed by atoms with Crippen LogP contribution in [0.4, 0.5) is 8.78 Å². The minimum atomic E-state index is -0.558. The zero-order valence-corrected chi connectivity index (χ0v) is 12.5. The number of rotatable bonds is 4. The van der Waals surface area contributed by atoms with E-state index in [1.54, 1.807) is 0 Å². The normalized spacial score (nSPS) is 12.4. The Balaban J connectivity index is 2.33. The fourth-order valence-corrected chi connectivity index (χ4v) is 2.80. The number of hydrogen-bond acceptors (Lipinski definition) is 2. The number of halogens is 3. The van der Waals surface area contributed by atoms with Crippen LogP contribution in [-0.2, 0) is 6.42 Å². The maximum atomic E-state index is 13.7. The monoisotopic (exact) mass is 340 g/mol. The van der Waals surface area contributed by atoms with E-state index < -0.39 is 11.6 Å². The summed E-state index contributed by atoms with van der Waals surface area (Å²) >= 11 is 3.41. The smallest absolute Gasteiger partial charge is 0.129 e. The molecule has 0 aliphatic carbocycles. The van der Waals surface area contributed by atoms with Crippen LogP contribution in [0.15, 0.2) is 40.9 Å². The molecule has 1 atom stereocenters. The number of nitrogens with two attached hydrogens (primary N) is 1.